The minimum absolute atomic E-state index is 0.0248. The first-order valence-electron chi connectivity index (χ1n) is 7.75. The second-order valence-corrected chi connectivity index (χ2v) is 5.48. The molecule has 3 aromatic rings. The molecule has 2 aromatic carbocycles. The minimum Gasteiger partial charge on any atom is -0.305 e. The van der Waals surface area contributed by atoms with E-state index in [0.717, 1.165) is 12.0 Å². The van der Waals surface area contributed by atoms with Crippen molar-refractivity contribution in [3.05, 3.63) is 98.6 Å². The van der Waals surface area contributed by atoms with Gasteiger partial charge in [0.2, 0.25) is 0 Å². The van der Waals surface area contributed by atoms with E-state index in [1.807, 2.05) is 25.1 Å². The zero-order chi connectivity index (χ0) is 17.1. The van der Waals surface area contributed by atoms with Crippen LogP contribution in [0.15, 0.2) is 70.5 Å². The number of hydrogen-bond acceptors (Lipinski definition) is 2. The van der Waals surface area contributed by atoms with Gasteiger partial charge < -0.3 is 4.57 Å². The van der Waals surface area contributed by atoms with Crippen LogP contribution in [0.4, 0.5) is 4.39 Å². The van der Waals surface area contributed by atoms with E-state index in [-0.39, 0.29) is 6.54 Å². The van der Waals surface area contributed by atoms with Crippen LogP contribution in [0.3, 0.4) is 0 Å². The van der Waals surface area contributed by atoms with E-state index >= 15 is 0 Å². The second kappa shape index (κ2) is 6.66. The Labute approximate surface area is 138 Å². The normalized spacial score (nSPS) is 10.8. The van der Waals surface area contributed by atoms with Crippen LogP contribution >= 0.6 is 0 Å². The largest absolute Gasteiger partial charge is 0.320 e. The van der Waals surface area contributed by atoms with Crippen molar-refractivity contribution in [2.24, 2.45) is 0 Å². The smallest absolute Gasteiger partial charge is 0.305 e. The zero-order valence-corrected chi connectivity index (χ0v) is 13.3. The first kappa shape index (κ1) is 15.9. The molecule has 0 saturated heterocycles. The number of benzene rings is 2. The average molecular weight is 324 g/mol. The van der Waals surface area contributed by atoms with Crippen molar-refractivity contribution in [1.29, 1.82) is 0 Å². The first-order valence-corrected chi connectivity index (χ1v) is 7.75. The maximum Gasteiger partial charge on any atom is 0.320 e. The van der Waals surface area contributed by atoms with Gasteiger partial charge in [0.25, 0.3) is 0 Å². The van der Waals surface area contributed by atoms with E-state index in [0.29, 0.717) is 11.3 Å². The molecule has 122 valence electrons. The number of hydrogen-bond donors (Lipinski definition) is 0. The predicted molar refractivity (Wildman–Crippen MR) is 91.2 cm³/mol. The Morgan fingerprint density at radius 2 is 1.54 bits per heavy atom. The molecule has 0 saturated carbocycles. The summed E-state index contributed by atoms with van der Waals surface area (Å²) in [6.45, 7) is 2.01. The van der Waals surface area contributed by atoms with Gasteiger partial charge in [-0.1, -0.05) is 43.3 Å². The van der Waals surface area contributed by atoms with Crippen molar-refractivity contribution in [3.8, 4) is 5.69 Å². The van der Waals surface area contributed by atoms with Gasteiger partial charge in [-0.2, -0.15) is 0 Å². The fraction of sp³-hybridized carbons (Fsp3) is 0.158. The number of para-hydroxylation sites is 1. The molecule has 1 aromatic heterocycles. The molecular formula is C19H17FN2O2. The fourth-order valence-corrected chi connectivity index (χ4v) is 2.68. The maximum atomic E-state index is 13.8. The summed E-state index contributed by atoms with van der Waals surface area (Å²) in [7, 11) is 0. The molecule has 24 heavy (non-hydrogen) atoms. The fourth-order valence-electron chi connectivity index (χ4n) is 2.68. The monoisotopic (exact) mass is 324 g/mol. The molecule has 0 bridgehead atoms. The van der Waals surface area contributed by atoms with Gasteiger partial charge >= 0.3 is 11.1 Å². The lowest BCUT2D eigenvalue weighted by Crippen LogP contribution is -2.40. The lowest BCUT2D eigenvalue weighted by Gasteiger charge is -2.12. The van der Waals surface area contributed by atoms with Gasteiger partial charge in [-0.3, -0.25) is 14.2 Å². The van der Waals surface area contributed by atoms with Gasteiger partial charge in [0.05, 0.1) is 12.2 Å². The van der Waals surface area contributed by atoms with E-state index in [1.54, 1.807) is 30.5 Å². The quantitative estimate of drug-likeness (QED) is 0.693. The standard InChI is InChI=1S/C19H17FN2O2/c1-2-14-7-4-6-10-17(14)22-12-11-21(18(23)19(22)24)13-15-8-3-5-9-16(15)20/h3-12H,2,13H2,1H3. The first-order chi connectivity index (χ1) is 11.6. The van der Waals surface area contributed by atoms with Crippen LogP contribution in [0.1, 0.15) is 18.1 Å². The third-order valence-electron chi connectivity index (χ3n) is 3.99. The summed E-state index contributed by atoms with van der Waals surface area (Å²) < 4.78 is 16.3. The lowest BCUT2D eigenvalue weighted by atomic mass is 10.1. The van der Waals surface area contributed by atoms with Gasteiger partial charge in [-0.05, 0) is 24.1 Å². The molecule has 0 N–H and O–H groups in total. The Kier molecular flexibility index (Phi) is 4.42. The van der Waals surface area contributed by atoms with Gasteiger partial charge in [0.1, 0.15) is 5.82 Å². The number of rotatable bonds is 4. The summed E-state index contributed by atoms with van der Waals surface area (Å²) >= 11 is 0. The zero-order valence-electron chi connectivity index (χ0n) is 13.3. The number of nitrogens with zero attached hydrogens (tertiary/aromatic N) is 2. The van der Waals surface area contributed by atoms with E-state index in [1.165, 1.54) is 21.4 Å². The molecule has 0 aliphatic rings. The van der Waals surface area contributed by atoms with Gasteiger partial charge in [0.15, 0.2) is 0 Å². The topological polar surface area (TPSA) is 44.0 Å². The van der Waals surface area contributed by atoms with Crippen molar-refractivity contribution in [1.82, 2.24) is 9.13 Å². The molecule has 0 radical (unpaired) electrons. The second-order valence-electron chi connectivity index (χ2n) is 5.48. The van der Waals surface area contributed by atoms with Crippen LogP contribution in [0.5, 0.6) is 0 Å². The summed E-state index contributed by atoms with van der Waals surface area (Å²) in [5.74, 6) is -0.398. The molecule has 1 heterocycles. The Bertz CT molecular complexity index is 989. The molecule has 0 atom stereocenters. The third kappa shape index (κ3) is 2.93. The van der Waals surface area contributed by atoms with Crippen LogP contribution in [0, 0.1) is 5.82 Å². The molecule has 0 unspecified atom stereocenters. The highest BCUT2D eigenvalue weighted by molar-refractivity contribution is 5.40. The molecule has 4 nitrogen and oxygen atoms in total. The maximum absolute atomic E-state index is 13.8. The Morgan fingerprint density at radius 1 is 0.875 bits per heavy atom. The van der Waals surface area contributed by atoms with E-state index in [2.05, 4.69) is 0 Å². The number of aromatic nitrogens is 2. The van der Waals surface area contributed by atoms with Crippen LogP contribution in [0.25, 0.3) is 5.69 Å². The molecule has 0 fully saturated rings. The Morgan fingerprint density at radius 3 is 2.25 bits per heavy atom. The summed E-state index contributed by atoms with van der Waals surface area (Å²) in [5, 5.41) is 0. The molecule has 5 heteroatoms. The van der Waals surface area contributed by atoms with Crippen LogP contribution in [0.2, 0.25) is 0 Å². The third-order valence-corrected chi connectivity index (χ3v) is 3.99. The van der Waals surface area contributed by atoms with Gasteiger partial charge in [-0.25, -0.2) is 4.39 Å². The van der Waals surface area contributed by atoms with Crippen molar-refractivity contribution < 1.29 is 4.39 Å². The van der Waals surface area contributed by atoms with Gasteiger partial charge in [-0.15, -0.1) is 0 Å². The minimum atomic E-state index is -0.674. The van der Waals surface area contributed by atoms with Crippen molar-refractivity contribution >= 4 is 0 Å². The van der Waals surface area contributed by atoms with E-state index in [4.69, 9.17) is 0 Å². The van der Waals surface area contributed by atoms with Crippen LogP contribution < -0.4 is 11.1 Å². The van der Waals surface area contributed by atoms with Crippen LogP contribution in [-0.2, 0) is 13.0 Å². The molecular weight excluding hydrogens is 307 g/mol. The predicted octanol–water partition coefficient (Wildman–Crippen LogP) is 2.75. The van der Waals surface area contributed by atoms with E-state index < -0.39 is 16.9 Å². The van der Waals surface area contributed by atoms with Crippen molar-refractivity contribution in [3.63, 3.8) is 0 Å². The van der Waals surface area contributed by atoms with Crippen LogP contribution in [-0.4, -0.2) is 9.13 Å². The highest BCUT2D eigenvalue weighted by Gasteiger charge is 2.10. The molecule has 3 rings (SSSR count). The van der Waals surface area contributed by atoms with Gasteiger partial charge in [0, 0.05) is 18.0 Å². The molecule has 0 spiro atoms. The van der Waals surface area contributed by atoms with Crippen molar-refractivity contribution in [2.45, 2.75) is 19.9 Å². The summed E-state index contributed by atoms with van der Waals surface area (Å²) in [5.41, 5.74) is 0.720. The summed E-state index contributed by atoms with van der Waals surface area (Å²) in [6, 6.07) is 13.7. The van der Waals surface area contributed by atoms with E-state index in [9.17, 15) is 14.0 Å². The Balaban J connectivity index is 2.06. The molecule has 0 amide bonds. The summed E-state index contributed by atoms with van der Waals surface area (Å²) in [4.78, 5) is 24.9. The molecule has 0 aliphatic heterocycles. The lowest BCUT2D eigenvalue weighted by molar-refractivity contribution is 0.593. The highest BCUT2D eigenvalue weighted by atomic mass is 19.1. The average Bonchev–Trinajstić information content (AvgIpc) is 2.61. The highest BCUT2D eigenvalue weighted by Crippen LogP contribution is 2.13. The Hall–Kier alpha value is -2.95. The molecule has 0 aliphatic carbocycles. The summed E-state index contributed by atoms with van der Waals surface area (Å²) in [6.07, 6.45) is 3.82. The number of halogens is 1. The van der Waals surface area contributed by atoms with Crippen molar-refractivity contribution in [2.75, 3.05) is 0 Å². The number of aryl methyl sites for hydroxylation is 1. The SMILES string of the molecule is CCc1ccccc1-n1ccn(Cc2ccccc2F)c(=O)c1=O.